The lowest BCUT2D eigenvalue weighted by Gasteiger charge is -2.25. The van der Waals surface area contributed by atoms with Gasteiger partial charge in [-0.3, -0.25) is 4.84 Å². The normalized spacial score (nSPS) is 22.9. The fourth-order valence-electron chi connectivity index (χ4n) is 1.48. The molecule has 1 fully saturated rings. The molecule has 1 rings (SSSR count). The number of likely N-dealkylation sites (tertiary alicyclic amines) is 1. The van der Waals surface area contributed by atoms with Crippen LogP contribution >= 0.6 is 0 Å². The molecule has 4 nitrogen and oxygen atoms in total. The van der Waals surface area contributed by atoms with E-state index in [9.17, 15) is 4.79 Å². The van der Waals surface area contributed by atoms with Crippen LogP contribution in [0.4, 0.5) is 4.79 Å². The third kappa shape index (κ3) is 1.69. The van der Waals surface area contributed by atoms with E-state index in [-0.39, 0.29) is 6.03 Å². The fourth-order valence-corrected chi connectivity index (χ4v) is 1.48. The maximum atomic E-state index is 11.5. The van der Waals surface area contributed by atoms with Crippen LogP contribution in [0, 0.1) is 0 Å². The number of amides is 2. The molecule has 2 amide bonds. The zero-order chi connectivity index (χ0) is 9.14. The molecule has 0 N–H and O–H groups in total. The molecule has 0 unspecified atom stereocenters. The van der Waals surface area contributed by atoms with Crippen molar-refractivity contribution in [2.24, 2.45) is 0 Å². The molecule has 0 aromatic rings. The zero-order valence-electron chi connectivity index (χ0n) is 7.91. The van der Waals surface area contributed by atoms with E-state index in [2.05, 4.69) is 6.92 Å². The van der Waals surface area contributed by atoms with Crippen molar-refractivity contribution in [1.29, 1.82) is 0 Å². The van der Waals surface area contributed by atoms with Gasteiger partial charge in [0, 0.05) is 19.6 Å². The maximum Gasteiger partial charge on any atom is 0.343 e. The largest absolute Gasteiger partial charge is 0.343 e. The van der Waals surface area contributed by atoms with Crippen LogP contribution in [0.1, 0.15) is 19.8 Å². The molecule has 0 bridgehead atoms. The van der Waals surface area contributed by atoms with E-state index >= 15 is 0 Å². The number of urea groups is 1. The summed E-state index contributed by atoms with van der Waals surface area (Å²) in [5.41, 5.74) is 0. The summed E-state index contributed by atoms with van der Waals surface area (Å²) in [6, 6.07) is 0.317. The van der Waals surface area contributed by atoms with Gasteiger partial charge in [0.25, 0.3) is 0 Å². The van der Waals surface area contributed by atoms with E-state index in [1.807, 2.05) is 4.90 Å². The summed E-state index contributed by atoms with van der Waals surface area (Å²) in [5.74, 6) is 0. The monoisotopic (exact) mass is 172 g/mol. The number of carbonyl (C=O) groups excluding carboxylic acids is 1. The maximum absolute atomic E-state index is 11.5. The fraction of sp³-hybridized carbons (Fsp3) is 0.875. The van der Waals surface area contributed by atoms with E-state index in [0.717, 1.165) is 19.4 Å². The van der Waals surface area contributed by atoms with Crippen LogP contribution in [0.2, 0.25) is 0 Å². The quantitative estimate of drug-likeness (QED) is 0.554. The molecule has 70 valence electrons. The molecule has 1 saturated heterocycles. The van der Waals surface area contributed by atoms with Crippen molar-refractivity contribution < 1.29 is 9.63 Å². The van der Waals surface area contributed by atoms with Crippen molar-refractivity contribution in [2.45, 2.75) is 25.8 Å². The van der Waals surface area contributed by atoms with Gasteiger partial charge >= 0.3 is 6.03 Å². The number of carbonyl (C=O) groups is 1. The predicted molar refractivity (Wildman–Crippen MR) is 45.6 cm³/mol. The Hall–Kier alpha value is -0.770. The number of hydroxylamine groups is 2. The summed E-state index contributed by atoms with van der Waals surface area (Å²) < 4.78 is 0. The second-order valence-corrected chi connectivity index (χ2v) is 3.15. The first kappa shape index (κ1) is 9.32. The standard InChI is InChI=1S/C8H16N2O2/c1-7-5-4-6-10(7)8(11)9(2)12-3/h7H,4-6H2,1-3H3/t7-/m1/s1. The van der Waals surface area contributed by atoms with E-state index in [0.29, 0.717) is 6.04 Å². The van der Waals surface area contributed by atoms with Gasteiger partial charge in [-0.05, 0) is 19.8 Å². The van der Waals surface area contributed by atoms with E-state index in [4.69, 9.17) is 4.84 Å². The van der Waals surface area contributed by atoms with Crippen LogP contribution in [0.15, 0.2) is 0 Å². The lowest BCUT2D eigenvalue weighted by molar-refractivity contribution is -0.0764. The lowest BCUT2D eigenvalue weighted by atomic mass is 10.2. The highest BCUT2D eigenvalue weighted by Gasteiger charge is 2.27. The van der Waals surface area contributed by atoms with Crippen LogP contribution < -0.4 is 0 Å². The van der Waals surface area contributed by atoms with E-state index in [1.165, 1.54) is 12.2 Å². The van der Waals surface area contributed by atoms with Gasteiger partial charge in [0.2, 0.25) is 0 Å². The molecular weight excluding hydrogens is 156 g/mol. The Kier molecular flexibility index (Phi) is 2.92. The average Bonchev–Trinajstić information content (AvgIpc) is 2.48. The Morgan fingerprint density at radius 1 is 1.67 bits per heavy atom. The number of rotatable bonds is 1. The molecule has 4 heteroatoms. The molecule has 0 aromatic heterocycles. The Bertz CT molecular complexity index is 172. The molecule has 0 aromatic carbocycles. The summed E-state index contributed by atoms with van der Waals surface area (Å²) in [6.45, 7) is 2.92. The topological polar surface area (TPSA) is 32.8 Å². The van der Waals surface area contributed by atoms with Crippen LogP contribution in [0.25, 0.3) is 0 Å². The first-order chi connectivity index (χ1) is 5.66. The zero-order valence-corrected chi connectivity index (χ0v) is 7.91. The minimum atomic E-state index is -0.0394. The molecule has 0 aliphatic carbocycles. The third-order valence-corrected chi connectivity index (χ3v) is 2.34. The Labute approximate surface area is 73.0 Å². The first-order valence-electron chi connectivity index (χ1n) is 4.25. The molecule has 0 spiro atoms. The Morgan fingerprint density at radius 3 is 2.75 bits per heavy atom. The van der Waals surface area contributed by atoms with Gasteiger partial charge in [-0.25, -0.2) is 9.86 Å². The Balaban J connectivity index is 2.51. The predicted octanol–water partition coefficient (Wildman–Crippen LogP) is 1.08. The minimum Gasteiger partial charge on any atom is -0.320 e. The van der Waals surface area contributed by atoms with Gasteiger partial charge in [0.05, 0.1) is 7.11 Å². The summed E-state index contributed by atoms with van der Waals surface area (Å²) in [6.07, 6.45) is 2.20. The van der Waals surface area contributed by atoms with Crippen LogP contribution in [0.3, 0.4) is 0 Å². The highest BCUT2D eigenvalue weighted by Crippen LogP contribution is 2.17. The summed E-state index contributed by atoms with van der Waals surface area (Å²) in [4.78, 5) is 18.2. The molecule has 0 radical (unpaired) electrons. The summed E-state index contributed by atoms with van der Waals surface area (Å²) in [7, 11) is 3.13. The molecule has 1 heterocycles. The van der Waals surface area contributed by atoms with Crippen molar-refractivity contribution in [1.82, 2.24) is 9.96 Å². The van der Waals surface area contributed by atoms with Crippen LogP contribution in [-0.4, -0.2) is 42.7 Å². The van der Waals surface area contributed by atoms with Crippen molar-refractivity contribution in [2.75, 3.05) is 20.7 Å². The first-order valence-corrected chi connectivity index (χ1v) is 4.25. The van der Waals surface area contributed by atoms with Gasteiger partial charge in [-0.15, -0.1) is 0 Å². The highest BCUT2D eigenvalue weighted by molar-refractivity contribution is 5.73. The van der Waals surface area contributed by atoms with Crippen molar-refractivity contribution in [3.05, 3.63) is 0 Å². The van der Waals surface area contributed by atoms with Gasteiger partial charge in [0.1, 0.15) is 0 Å². The SMILES string of the molecule is CON(C)C(=O)N1CCC[C@H]1C. The highest BCUT2D eigenvalue weighted by atomic mass is 16.7. The summed E-state index contributed by atoms with van der Waals surface area (Å²) in [5, 5.41) is 1.27. The number of hydrogen-bond acceptors (Lipinski definition) is 2. The second-order valence-electron chi connectivity index (χ2n) is 3.15. The number of nitrogens with zero attached hydrogens (tertiary/aromatic N) is 2. The van der Waals surface area contributed by atoms with Crippen molar-refractivity contribution in [3.63, 3.8) is 0 Å². The average molecular weight is 172 g/mol. The molecule has 1 atom stereocenters. The van der Waals surface area contributed by atoms with Crippen molar-refractivity contribution >= 4 is 6.03 Å². The molecule has 12 heavy (non-hydrogen) atoms. The van der Waals surface area contributed by atoms with Gasteiger partial charge in [-0.1, -0.05) is 0 Å². The lowest BCUT2D eigenvalue weighted by Crippen LogP contribution is -2.42. The van der Waals surface area contributed by atoms with Crippen molar-refractivity contribution in [3.8, 4) is 0 Å². The minimum absolute atomic E-state index is 0.0394. The molecule has 1 aliphatic heterocycles. The molecule has 1 aliphatic rings. The van der Waals surface area contributed by atoms with Crippen LogP contribution in [0.5, 0.6) is 0 Å². The van der Waals surface area contributed by atoms with Crippen LogP contribution in [-0.2, 0) is 4.84 Å². The van der Waals surface area contributed by atoms with Gasteiger partial charge in [-0.2, -0.15) is 0 Å². The summed E-state index contributed by atoms with van der Waals surface area (Å²) >= 11 is 0. The second kappa shape index (κ2) is 3.76. The molecule has 0 saturated carbocycles. The van der Waals surface area contributed by atoms with E-state index in [1.54, 1.807) is 7.05 Å². The number of hydrogen-bond donors (Lipinski definition) is 0. The third-order valence-electron chi connectivity index (χ3n) is 2.34. The van der Waals surface area contributed by atoms with Gasteiger partial charge in [0.15, 0.2) is 0 Å². The van der Waals surface area contributed by atoms with Gasteiger partial charge < -0.3 is 4.90 Å². The Morgan fingerprint density at radius 2 is 2.33 bits per heavy atom. The molecular formula is C8H16N2O2. The smallest absolute Gasteiger partial charge is 0.320 e. The van der Waals surface area contributed by atoms with E-state index < -0.39 is 0 Å².